The minimum absolute atomic E-state index is 0.0207. The van der Waals surface area contributed by atoms with Crippen molar-refractivity contribution in [3.05, 3.63) is 77.9 Å². The number of aliphatic hydroxyl groups is 1. The molecule has 9 amide bonds. The first-order chi connectivity index (χ1) is 44.3. The van der Waals surface area contributed by atoms with Crippen LogP contribution in [0.5, 0.6) is 0 Å². The Hall–Kier alpha value is -6.67. The van der Waals surface area contributed by atoms with E-state index in [-0.39, 0.29) is 117 Å². The van der Waals surface area contributed by atoms with Crippen molar-refractivity contribution < 1.29 is 76.7 Å². The number of nitrogens with zero attached hydrogens (tertiary/aromatic N) is 3. The second-order valence-electron chi connectivity index (χ2n) is 24.6. The molecule has 1 saturated carbocycles. The summed E-state index contributed by atoms with van der Waals surface area (Å²) >= 11 is 0. The molecule has 24 heteroatoms. The average Bonchev–Trinajstić information content (AvgIpc) is 1.47. The number of imide groups is 1. The van der Waals surface area contributed by atoms with Crippen LogP contribution in [0.1, 0.15) is 129 Å². The Bertz CT molecular complexity index is 2650. The van der Waals surface area contributed by atoms with Gasteiger partial charge in [0, 0.05) is 90.5 Å². The van der Waals surface area contributed by atoms with E-state index in [2.05, 4.69) is 26.6 Å². The number of ether oxygens (including phenoxy) is 6. The number of amides is 9. The van der Waals surface area contributed by atoms with Gasteiger partial charge in [-0.15, -0.1) is 0 Å². The zero-order chi connectivity index (χ0) is 67.0. The summed E-state index contributed by atoms with van der Waals surface area (Å²) in [7, 11) is 4.74. The van der Waals surface area contributed by atoms with Crippen molar-refractivity contribution in [2.75, 3.05) is 99.1 Å². The zero-order valence-electron chi connectivity index (χ0n) is 55.5. The highest BCUT2D eigenvalue weighted by Gasteiger charge is 2.44. The highest BCUT2D eigenvalue weighted by Crippen LogP contribution is 2.31. The Balaban J connectivity index is 1.10. The standard InChI is InChI=1S/C68H104N8O16/c1-9-47(4)64(74(6)68(86)63(46(2)3)73-59(80)43-51-23-26-53(41-51)70-58(79)29-33-89-35-37-91-39-40-92-38-36-90-34-32-77)56(87-7)44-62(83)75-31-16-19-55(75)65(88-8)48(5)66(84)72-54(42-49-17-12-10-13-18-49)67(85)71-52-24-21-50(22-25-52)45-69-57(78)20-14-11-15-30-76-60(81)27-28-61(76)82/h10,12-13,17-18,21-22,24-25,27-28,46-48,51,53-56,63-65,77H,9,11,14-16,19-20,23,26,29-45H2,1-8H3,(H,69,78)(H,70,79)(H,71,85)(H,72,84)(H,73,80)/t47-,48+,51?,53-,54-,55-,56+,63-,64-,65+/m0/s1. The van der Waals surface area contributed by atoms with Gasteiger partial charge in [-0.3, -0.25) is 48.1 Å². The SMILES string of the molecule is CC[C@H](C)[C@@H]([C@@H](CC(=O)N1CCC[C@H]1[C@H](OC)[C@@H](C)C(=O)N[C@@H](Cc1ccccc1)C(=O)Nc1ccc(CNC(=O)CCCCCN2C(=O)C=CC2=O)cc1)OC)N(C)C(=O)[C@@H](NC(=O)CC1CC[C@H](NC(=O)CCOCCOCCOCCOCCO)C1)C(C)C. The van der Waals surface area contributed by atoms with Crippen LogP contribution in [0, 0.1) is 23.7 Å². The number of likely N-dealkylation sites (tertiary alicyclic amines) is 1. The maximum atomic E-state index is 14.7. The average molecular weight is 1290 g/mol. The van der Waals surface area contributed by atoms with E-state index >= 15 is 0 Å². The Morgan fingerprint density at radius 1 is 0.707 bits per heavy atom. The smallest absolute Gasteiger partial charge is 0.253 e. The van der Waals surface area contributed by atoms with E-state index in [4.69, 9.17) is 33.5 Å². The lowest BCUT2D eigenvalue weighted by Crippen LogP contribution is -2.58. The summed E-state index contributed by atoms with van der Waals surface area (Å²) in [6.45, 7) is 13.4. The summed E-state index contributed by atoms with van der Waals surface area (Å²) in [6, 6.07) is 13.4. The largest absolute Gasteiger partial charge is 0.394 e. The predicted molar refractivity (Wildman–Crippen MR) is 345 cm³/mol. The molecule has 3 aliphatic rings. The topological polar surface area (TPSA) is 299 Å². The molecule has 2 aromatic carbocycles. The number of hydrogen-bond acceptors (Lipinski definition) is 16. The van der Waals surface area contributed by atoms with Crippen molar-refractivity contribution in [2.24, 2.45) is 23.7 Å². The van der Waals surface area contributed by atoms with Crippen LogP contribution in [0.2, 0.25) is 0 Å². The van der Waals surface area contributed by atoms with E-state index in [1.54, 1.807) is 48.0 Å². The van der Waals surface area contributed by atoms with E-state index < -0.39 is 54.1 Å². The van der Waals surface area contributed by atoms with Gasteiger partial charge in [-0.2, -0.15) is 0 Å². The lowest BCUT2D eigenvalue weighted by atomic mass is 9.89. The Labute approximate surface area is 543 Å². The minimum Gasteiger partial charge on any atom is -0.394 e. The molecule has 0 aromatic heterocycles. The van der Waals surface area contributed by atoms with Gasteiger partial charge in [0.25, 0.3) is 11.8 Å². The number of anilines is 1. The van der Waals surface area contributed by atoms with Gasteiger partial charge in [-0.25, -0.2) is 0 Å². The van der Waals surface area contributed by atoms with Crippen molar-refractivity contribution in [1.82, 2.24) is 36.0 Å². The molecule has 24 nitrogen and oxygen atoms in total. The lowest BCUT2D eigenvalue weighted by molar-refractivity contribution is -0.147. The number of aliphatic hydroxyl groups excluding tert-OH is 1. The van der Waals surface area contributed by atoms with E-state index in [0.717, 1.165) is 24.0 Å². The van der Waals surface area contributed by atoms with Crippen molar-refractivity contribution in [3.63, 3.8) is 0 Å². The third kappa shape index (κ3) is 25.3. The fourth-order valence-corrected chi connectivity index (χ4v) is 12.2. The Morgan fingerprint density at radius 3 is 1.98 bits per heavy atom. The second-order valence-corrected chi connectivity index (χ2v) is 24.6. The number of nitrogens with one attached hydrogen (secondary N) is 5. The van der Waals surface area contributed by atoms with E-state index in [1.807, 2.05) is 58.0 Å². The first-order valence-electron chi connectivity index (χ1n) is 32.9. The summed E-state index contributed by atoms with van der Waals surface area (Å²) in [6.07, 6.45) is 7.76. The van der Waals surface area contributed by atoms with Crippen LogP contribution in [0.25, 0.3) is 0 Å². The second kappa shape index (κ2) is 41.1. The van der Waals surface area contributed by atoms with Crippen LogP contribution in [-0.4, -0.2) is 209 Å². The third-order valence-electron chi connectivity index (χ3n) is 17.5. The first-order valence-corrected chi connectivity index (χ1v) is 32.9. The van der Waals surface area contributed by atoms with Crippen LogP contribution in [-0.2, 0) is 84.5 Å². The summed E-state index contributed by atoms with van der Waals surface area (Å²) in [5.41, 5.74) is 2.12. The van der Waals surface area contributed by atoms with Crippen LogP contribution >= 0.6 is 0 Å². The third-order valence-corrected chi connectivity index (χ3v) is 17.5. The molecular weight excluding hydrogens is 1180 g/mol. The molecule has 0 spiro atoms. The summed E-state index contributed by atoms with van der Waals surface area (Å²) in [5.74, 6) is -3.71. The first kappa shape index (κ1) is 76.0. The number of unbranched alkanes of at least 4 members (excludes halogenated alkanes) is 2. The van der Waals surface area contributed by atoms with Crippen LogP contribution < -0.4 is 26.6 Å². The normalized spacial score (nSPS) is 18.7. The maximum absolute atomic E-state index is 14.7. The van der Waals surface area contributed by atoms with E-state index in [0.29, 0.717) is 110 Å². The number of carbonyl (C=O) groups is 9. The van der Waals surface area contributed by atoms with E-state index in [9.17, 15) is 43.2 Å². The molecule has 2 fully saturated rings. The Morgan fingerprint density at radius 2 is 1.36 bits per heavy atom. The summed E-state index contributed by atoms with van der Waals surface area (Å²) in [4.78, 5) is 125. The number of hydrogen-bond donors (Lipinski definition) is 6. The molecule has 0 bridgehead atoms. The minimum atomic E-state index is -0.994. The number of methoxy groups -OCH3 is 2. The van der Waals surface area contributed by atoms with Gasteiger partial charge in [0.1, 0.15) is 12.1 Å². The quantitative estimate of drug-likeness (QED) is 0.0389. The molecule has 1 unspecified atom stereocenters. The lowest BCUT2D eigenvalue weighted by Gasteiger charge is -2.41. The van der Waals surface area contributed by atoms with Crippen molar-refractivity contribution in [2.45, 2.75) is 173 Å². The van der Waals surface area contributed by atoms with Gasteiger partial charge < -0.3 is 69.9 Å². The molecule has 2 aliphatic heterocycles. The summed E-state index contributed by atoms with van der Waals surface area (Å²) < 4.78 is 33.8. The van der Waals surface area contributed by atoms with Crippen molar-refractivity contribution >= 4 is 58.9 Å². The molecule has 92 heavy (non-hydrogen) atoms. The fraction of sp³-hybridized carbons (Fsp3) is 0.662. The van der Waals surface area contributed by atoms with Crippen molar-refractivity contribution in [1.29, 1.82) is 0 Å². The van der Waals surface area contributed by atoms with E-state index in [1.165, 1.54) is 31.3 Å². The van der Waals surface area contributed by atoms with Gasteiger partial charge >= 0.3 is 0 Å². The highest BCUT2D eigenvalue weighted by molar-refractivity contribution is 6.12. The number of rotatable bonds is 44. The number of likely N-dealkylation sites (N-methyl/N-ethyl adjacent to an activating group) is 1. The van der Waals surface area contributed by atoms with Crippen LogP contribution in [0.15, 0.2) is 66.7 Å². The monoisotopic (exact) mass is 1290 g/mol. The molecule has 1 aliphatic carbocycles. The van der Waals surface area contributed by atoms with Gasteiger partial charge in [0.2, 0.25) is 41.4 Å². The number of benzene rings is 2. The predicted octanol–water partition coefficient (Wildman–Crippen LogP) is 4.64. The van der Waals surface area contributed by atoms with Crippen LogP contribution in [0.3, 0.4) is 0 Å². The molecule has 0 radical (unpaired) electrons. The molecule has 1 saturated heterocycles. The molecule has 2 heterocycles. The fourth-order valence-electron chi connectivity index (χ4n) is 12.2. The molecule has 512 valence electrons. The summed E-state index contributed by atoms with van der Waals surface area (Å²) in [5, 5.41) is 23.7. The molecular formula is C68H104N8O16. The molecule has 10 atom stereocenters. The maximum Gasteiger partial charge on any atom is 0.253 e. The highest BCUT2D eigenvalue weighted by atomic mass is 16.6. The van der Waals surface area contributed by atoms with Gasteiger partial charge in [0.15, 0.2) is 0 Å². The van der Waals surface area contributed by atoms with Gasteiger partial charge in [0.05, 0.1) is 96.1 Å². The van der Waals surface area contributed by atoms with Gasteiger partial charge in [-0.05, 0) is 86.0 Å². The number of carbonyl (C=O) groups excluding carboxylic acids is 9. The molecule has 2 aromatic rings. The van der Waals surface area contributed by atoms with Gasteiger partial charge in [-0.1, -0.05) is 89.9 Å². The van der Waals surface area contributed by atoms with Crippen LogP contribution in [0.4, 0.5) is 5.69 Å². The molecule has 6 N–H and O–H groups in total. The Kier molecular flexibility index (Phi) is 34.0. The zero-order valence-corrected chi connectivity index (χ0v) is 55.5. The molecule has 5 rings (SSSR count). The van der Waals surface area contributed by atoms with Crippen molar-refractivity contribution in [3.8, 4) is 0 Å².